The minimum atomic E-state index is -1.65. The van der Waals surface area contributed by atoms with Gasteiger partial charge in [0.1, 0.15) is 5.92 Å². The summed E-state index contributed by atoms with van der Waals surface area (Å²) in [5.74, 6) is 0.0823. The number of benzene rings is 1. The smallest absolute Gasteiger partial charge is 0.189 e. The minimum Gasteiger partial charge on any atom is -0.305 e. The van der Waals surface area contributed by atoms with Crippen LogP contribution in [0, 0.1) is 56.7 Å². The Bertz CT molecular complexity index is 841. The Balaban J connectivity index is 2.27. The highest BCUT2D eigenvalue weighted by atomic mass is 35.5. The third kappa shape index (κ3) is 2.31. The second kappa shape index (κ2) is 6.33. The van der Waals surface area contributed by atoms with E-state index in [2.05, 4.69) is 18.2 Å². The molecule has 1 aromatic rings. The first-order valence-corrected chi connectivity index (χ1v) is 8.96. The van der Waals surface area contributed by atoms with E-state index >= 15 is 0 Å². The summed E-state index contributed by atoms with van der Waals surface area (Å²) in [6.07, 6.45) is 1.98. The fourth-order valence-corrected chi connectivity index (χ4v) is 4.97. The molecule has 1 fully saturated rings. The van der Waals surface area contributed by atoms with Gasteiger partial charge in [-0.1, -0.05) is 29.8 Å². The lowest BCUT2D eigenvalue weighted by molar-refractivity contribution is 0.378. The third-order valence-electron chi connectivity index (χ3n) is 4.77. The van der Waals surface area contributed by atoms with Crippen molar-refractivity contribution in [1.82, 2.24) is 0 Å². The van der Waals surface area contributed by atoms with E-state index in [-0.39, 0.29) is 11.6 Å². The first-order valence-electron chi connectivity index (χ1n) is 7.43. The quantitative estimate of drug-likeness (QED) is 0.775. The first-order chi connectivity index (χ1) is 11.6. The van der Waals surface area contributed by atoms with E-state index in [1.807, 2.05) is 12.1 Å². The van der Waals surface area contributed by atoms with Crippen LogP contribution < -0.4 is 0 Å². The van der Waals surface area contributed by atoms with Crippen LogP contribution >= 0.6 is 23.4 Å². The second-order valence-corrected chi connectivity index (χ2v) is 7.40. The fraction of sp³-hybridized carbons (Fsp3) is 0.333. The molecule has 24 heavy (non-hydrogen) atoms. The molecule has 1 heterocycles. The van der Waals surface area contributed by atoms with E-state index in [0.29, 0.717) is 5.02 Å². The molecule has 3 atom stereocenters. The lowest BCUT2D eigenvalue weighted by atomic mass is 9.55. The Morgan fingerprint density at radius 1 is 1.25 bits per heavy atom. The highest BCUT2D eigenvalue weighted by molar-refractivity contribution is 7.99. The van der Waals surface area contributed by atoms with Crippen molar-refractivity contribution in [2.45, 2.75) is 5.92 Å². The van der Waals surface area contributed by atoms with Gasteiger partial charge in [0, 0.05) is 28.4 Å². The molecule has 6 heteroatoms. The molecule has 1 aliphatic heterocycles. The predicted octanol–water partition coefficient (Wildman–Crippen LogP) is 3.92. The highest BCUT2D eigenvalue weighted by Crippen LogP contribution is 2.54. The molecule has 4 nitrogen and oxygen atoms in total. The van der Waals surface area contributed by atoms with Crippen molar-refractivity contribution in [1.29, 1.82) is 21.2 Å². The number of hydrogen-bond acceptors (Lipinski definition) is 5. The van der Waals surface area contributed by atoms with Crippen LogP contribution in [0.4, 0.5) is 0 Å². The summed E-state index contributed by atoms with van der Waals surface area (Å²) in [7, 11) is 0. The molecular weight excluding hydrogens is 340 g/mol. The molecule has 3 rings (SSSR count). The molecule has 0 amide bonds. The number of nitrogens with one attached hydrogen (secondary N) is 1. The van der Waals surface area contributed by atoms with E-state index in [1.165, 1.54) is 0 Å². The fourth-order valence-electron chi connectivity index (χ4n) is 3.69. The van der Waals surface area contributed by atoms with E-state index in [1.54, 1.807) is 30.0 Å². The predicted molar refractivity (Wildman–Crippen MR) is 93.6 cm³/mol. The second-order valence-electron chi connectivity index (χ2n) is 5.89. The topological polar surface area (TPSA) is 95.2 Å². The SMILES string of the molecule is N#C[C@@H]1C(=N)C(C#N)(C#N)[C@H](c2cccc(Cl)c2)[C@@H]2CSCC=C12. The summed E-state index contributed by atoms with van der Waals surface area (Å²) in [6.45, 7) is 0. The van der Waals surface area contributed by atoms with Crippen LogP contribution in [0.15, 0.2) is 35.9 Å². The zero-order valence-electron chi connectivity index (χ0n) is 12.7. The van der Waals surface area contributed by atoms with Gasteiger partial charge in [-0.3, -0.25) is 0 Å². The van der Waals surface area contributed by atoms with Crippen molar-refractivity contribution in [2.24, 2.45) is 17.3 Å². The van der Waals surface area contributed by atoms with Gasteiger partial charge in [-0.2, -0.15) is 27.5 Å². The third-order valence-corrected chi connectivity index (χ3v) is 6.00. The van der Waals surface area contributed by atoms with Crippen LogP contribution in [0.5, 0.6) is 0 Å². The Hall–Kier alpha value is -2.26. The summed E-state index contributed by atoms with van der Waals surface area (Å²) in [5.41, 5.74) is -0.128. The number of thioether (sulfide) groups is 1. The highest BCUT2D eigenvalue weighted by Gasteiger charge is 2.57. The Kier molecular flexibility index (Phi) is 4.37. The van der Waals surface area contributed by atoms with Crippen molar-refractivity contribution in [3.63, 3.8) is 0 Å². The molecule has 1 aliphatic carbocycles. The van der Waals surface area contributed by atoms with Gasteiger partial charge in [-0.25, -0.2) is 0 Å². The van der Waals surface area contributed by atoms with E-state index in [0.717, 1.165) is 22.6 Å². The standard InChI is InChI=1S/C18H13ClN4S/c19-12-3-1-2-11(6-12)16-15-8-24-5-4-13(15)14(7-20)17(23)18(16,9-21)10-22/h1-4,6,14-16,23H,5,8H2/t14-,15+,16+/m0/s1. The van der Waals surface area contributed by atoms with Crippen LogP contribution in [-0.4, -0.2) is 17.2 Å². The number of allylic oxidation sites excluding steroid dienone is 1. The molecule has 0 spiro atoms. The monoisotopic (exact) mass is 352 g/mol. The molecule has 1 N–H and O–H groups in total. The lowest BCUT2D eigenvalue weighted by Crippen LogP contribution is -2.49. The summed E-state index contributed by atoms with van der Waals surface area (Å²) in [6, 6.07) is 13.4. The van der Waals surface area contributed by atoms with E-state index in [4.69, 9.17) is 17.0 Å². The largest absolute Gasteiger partial charge is 0.305 e. The van der Waals surface area contributed by atoms with Gasteiger partial charge in [0.25, 0.3) is 0 Å². The van der Waals surface area contributed by atoms with Crippen LogP contribution in [0.3, 0.4) is 0 Å². The lowest BCUT2D eigenvalue weighted by Gasteiger charge is -2.45. The van der Waals surface area contributed by atoms with Gasteiger partial charge in [-0.15, -0.1) is 0 Å². The number of rotatable bonds is 1. The minimum absolute atomic E-state index is 0.116. The van der Waals surface area contributed by atoms with Crippen LogP contribution in [0.1, 0.15) is 11.5 Å². The van der Waals surface area contributed by atoms with Gasteiger partial charge in [0.05, 0.1) is 23.9 Å². The maximum Gasteiger partial charge on any atom is 0.189 e. The first kappa shape index (κ1) is 16.6. The molecule has 1 aromatic carbocycles. The summed E-state index contributed by atoms with van der Waals surface area (Å²) < 4.78 is 0. The molecule has 118 valence electrons. The normalized spacial score (nSPS) is 27.8. The molecule has 0 saturated heterocycles. The average Bonchev–Trinajstić information content (AvgIpc) is 2.61. The van der Waals surface area contributed by atoms with Crippen molar-refractivity contribution in [2.75, 3.05) is 11.5 Å². The van der Waals surface area contributed by atoms with Crippen LogP contribution in [0.25, 0.3) is 0 Å². The zero-order chi connectivity index (χ0) is 17.3. The Labute approximate surface area is 149 Å². The molecule has 1 saturated carbocycles. The zero-order valence-corrected chi connectivity index (χ0v) is 14.2. The van der Waals surface area contributed by atoms with Gasteiger partial charge in [-0.05, 0) is 23.3 Å². The van der Waals surface area contributed by atoms with Crippen molar-refractivity contribution in [3.8, 4) is 18.2 Å². The summed E-state index contributed by atoms with van der Waals surface area (Å²) in [4.78, 5) is 0. The number of hydrogen-bond donors (Lipinski definition) is 1. The average molecular weight is 353 g/mol. The summed E-state index contributed by atoms with van der Waals surface area (Å²) >= 11 is 7.83. The van der Waals surface area contributed by atoms with E-state index in [9.17, 15) is 15.8 Å². The molecule has 0 radical (unpaired) electrons. The van der Waals surface area contributed by atoms with Gasteiger partial charge < -0.3 is 5.41 Å². The van der Waals surface area contributed by atoms with Crippen LogP contribution in [-0.2, 0) is 0 Å². The van der Waals surface area contributed by atoms with Crippen LogP contribution in [0.2, 0.25) is 5.02 Å². The van der Waals surface area contributed by atoms with Crippen molar-refractivity contribution in [3.05, 3.63) is 46.5 Å². The molecule has 0 unspecified atom stereocenters. The molecule has 0 aromatic heterocycles. The van der Waals surface area contributed by atoms with E-state index < -0.39 is 17.3 Å². The maximum absolute atomic E-state index is 9.83. The van der Waals surface area contributed by atoms with Gasteiger partial charge in [0.15, 0.2) is 5.41 Å². The molecule has 0 bridgehead atoms. The maximum atomic E-state index is 9.83. The Morgan fingerprint density at radius 2 is 2.00 bits per heavy atom. The molecular formula is C18H13ClN4S. The number of fused-ring (bicyclic) bond motifs is 1. The van der Waals surface area contributed by atoms with Gasteiger partial charge >= 0.3 is 0 Å². The number of nitrogens with zero attached hydrogens (tertiary/aromatic N) is 3. The van der Waals surface area contributed by atoms with Crippen molar-refractivity contribution < 1.29 is 0 Å². The molecule has 2 aliphatic rings. The van der Waals surface area contributed by atoms with Crippen molar-refractivity contribution >= 4 is 29.1 Å². The van der Waals surface area contributed by atoms with Gasteiger partial charge in [0.2, 0.25) is 0 Å². The Morgan fingerprint density at radius 3 is 2.62 bits per heavy atom. The number of nitriles is 3. The summed E-state index contributed by atoms with van der Waals surface area (Å²) in [5, 5.41) is 38.2. The number of halogens is 1.